The van der Waals surface area contributed by atoms with Crippen LogP contribution in [0.4, 0.5) is 0 Å². The predicted octanol–water partition coefficient (Wildman–Crippen LogP) is 0.0219. The van der Waals surface area contributed by atoms with Gasteiger partial charge < -0.3 is 9.64 Å². The lowest BCUT2D eigenvalue weighted by atomic mass is 10.4. The Hall–Kier alpha value is -0.570. The van der Waals surface area contributed by atoms with Crippen LogP contribution in [0.15, 0.2) is 0 Å². The van der Waals surface area contributed by atoms with Gasteiger partial charge in [-0.25, -0.2) is 4.79 Å². The Labute approximate surface area is 55.6 Å². The summed E-state index contributed by atoms with van der Waals surface area (Å²) < 4.78 is 4.35. The SMILES string of the molecule is CN(C)CCCO[C]=O. The number of hydrogen-bond acceptors (Lipinski definition) is 3. The molecule has 0 saturated heterocycles. The van der Waals surface area contributed by atoms with Crippen molar-refractivity contribution >= 4 is 6.47 Å². The monoisotopic (exact) mass is 130 g/mol. The minimum atomic E-state index is 0.474. The van der Waals surface area contributed by atoms with Gasteiger partial charge in [0, 0.05) is 6.54 Å². The van der Waals surface area contributed by atoms with Gasteiger partial charge in [0.15, 0.2) is 0 Å². The van der Waals surface area contributed by atoms with Crippen molar-refractivity contribution < 1.29 is 9.53 Å². The van der Waals surface area contributed by atoms with Crippen LogP contribution in [0.5, 0.6) is 0 Å². The van der Waals surface area contributed by atoms with Crippen molar-refractivity contribution in [3.05, 3.63) is 0 Å². The van der Waals surface area contributed by atoms with Crippen molar-refractivity contribution in [2.45, 2.75) is 6.42 Å². The molecule has 0 saturated carbocycles. The summed E-state index contributed by atoms with van der Waals surface area (Å²) in [5.41, 5.74) is 0. The molecular weight excluding hydrogens is 118 g/mol. The second-order valence-electron chi connectivity index (χ2n) is 2.09. The van der Waals surface area contributed by atoms with Crippen molar-refractivity contribution in [2.75, 3.05) is 27.2 Å². The molecule has 0 aromatic heterocycles. The number of hydrogen-bond donors (Lipinski definition) is 0. The Morgan fingerprint density at radius 3 is 2.67 bits per heavy atom. The molecule has 0 N–H and O–H groups in total. The van der Waals surface area contributed by atoms with Gasteiger partial charge in [-0.1, -0.05) is 0 Å². The molecular formula is C6H12NO2. The van der Waals surface area contributed by atoms with Crippen LogP contribution >= 0.6 is 0 Å². The molecule has 0 spiro atoms. The van der Waals surface area contributed by atoms with E-state index in [1.165, 1.54) is 6.47 Å². The van der Waals surface area contributed by atoms with Crippen molar-refractivity contribution in [2.24, 2.45) is 0 Å². The molecule has 0 bridgehead atoms. The van der Waals surface area contributed by atoms with Gasteiger partial charge in [-0.05, 0) is 20.5 Å². The van der Waals surface area contributed by atoms with Crippen LogP contribution in [-0.4, -0.2) is 38.6 Å². The van der Waals surface area contributed by atoms with E-state index in [2.05, 4.69) is 4.74 Å². The second kappa shape index (κ2) is 5.56. The standard InChI is InChI=1S/C6H12NO2/c1-7(2)4-3-5-9-6-8/h3-5H2,1-2H3. The van der Waals surface area contributed by atoms with E-state index in [1.807, 2.05) is 19.0 Å². The molecule has 0 aliphatic carbocycles. The summed E-state index contributed by atoms with van der Waals surface area (Å²) in [5, 5.41) is 0. The Kier molecular flexibility index (Phi) is 5.21. The fourth-order valence-electron chi connectivity index (χ4n) is 0.495. The third-order valence-electron chi connectivity index (χ3n) is 0.911. The number of ether oxygens (including phenoxy) is 1. The Morgan fingerprint density at radius 1 is 1.56 bits per heavy atom. The molecule has 0 heterocycles. The molecule has 3 heteroatoms. The lowest BCUT2D eigenvalue weighted by molar-refractivity contribution is 0.254. The maximum atomic E-state index is 9.49. The molecule has 0 rings (SSSR count). The highest BCUT2D eigenvalue weighted by atomic mass is 16.5. The molecule has 0 aromatic carbocycles. The van der Waals surface area contributed by atoms with Gasteiger partial charge in [0.25, 0.3) is 0 Å². The fourth-order valence-corrected chi connectivity index (χ4v) is 0.495. The number of rotatable bonds is 5. The number of nitrogens with zero attached hydrogens (tertiary/aromatic N) is 1. The third-order valence-corrected chi connectivity index (χ3v) is 0.911. The maximum Gasteiger partial charge on any atom is 0.417 e. The normalized spacial score (nSPS) is 9.67. The molecule has 0 aliphatic rings. The third kappa shape index (κ3) is 7.43. The quantitative estimate of drug-likeness (QED) is 0.491. The van der Waals surface area contributed by atoms with E-state index in [4.69, 9.17) is 0 Å². The molecule has 0 unspecified atom stereocenters. The minimum Gasteiger partial charge on any atom is -0.457 e. The van der Waals surface area contributed by atoms with Gasteiger partial charge in [-0.2, -0.15) is 0 Å². The van der Waals surface area contributed by atoms with E-state index >= 15 is 0 Å². The summed E-state index contributed by atoms with van der Waals surface area (Å²) >= 11 is 0. The summed E-state index contributed by atoms with van der Waals surface area (Å²) in [5.74, 6) is 0. The summed E-state index contributed by atoms with van der Waals surface area (Å²) in [4.78, 5) is 11.5. The van der Waals surface area contributed by atoms with Crippen LogP contribution in [-0.2, 0) is 9.53 Å². The van der Waals surface area contributed by atoms with Gasteiger partial charge >= 0.3 is 6.47 Å². The molecule has 3 nitrogen and oxygen atoms in total. The van der Waals surface area contributed by atoms with E-state index in [1.54, 1.807) is 0 Å². The minimum absolute atomic E-state index is 0.474. The average molecular weight is 130 g/mol. The second-order valence-corrected chi connectivity index (χ2v) is 2.09. The molecule has 0 aromatic rings. The maximum absolute atomic E-state index is 9.49. The van der Waals surface area contributed by atoms with Crippen LogP contribution < -0.4 is 0 Å². The lowest BCUT2D eigenvalue weighted by Crippen LogP contribution is -2.14. The van der Waals surface area contributed by atoms with Gasteiger partial charge in [-0.3, -0.25) is 0 Å². The Balaban J connectivity index is 2.82. The summed E-state index contributed by atoms with van der Waals surface area (Å²) in [6.07, 6.45) is 0.877. The van der Waals surface area contributed by atoms with Crippen molar-refractivity contribution in [1.82, 2.24) is 4.90 Å². The predicted molar refractivity (Wildman–Crippen MR) is 34.8 cm³/mol. The zero-order chi connectivity index (χ0) is 7.11. The first-order valence-corrected chi connectivity index (χ1v) is 2.91. The zero-order valence-corrected chi connectivity index (χ0v) is 5.89. The van der Waals surface area contributed by atoms with Crippen LogP contribution in [0.2, 0.25) is 0 Å². The summed E-state index contributed by atoms with van der Waals surface area (Å²) in [7, 11) is 3.95. The first-order chi connectivity index (χ1) is 4.27. The average Bonchev–Trinajstić information content (AvgIpc) is 1.80. The lowest BCUT2D eigenvalue weighted by Gasteiger charge is -2.06. The van der Waals surface area contributed by atoms with E-state index in [-0.39, 0.29) is 0 Å². The van der Waals surface area contributed by atoms with Crippen LogP contribution in [0.1, 0.15) is 6.42 Å². The smallest absolute Gasteiger partial charge is 0.417 e. The van der Waals surface area contributed by atoms with Crippen LogP contribution in [0, 0.1) is 0 Å². The Bertz CT molecular complexity index is 73.5. The molecule has 0 fully saturated rings. The zero-order valence-electron chi connectivity index (χ0n) is 5.89. The van der Waals surface area contributed by atoms with Crippen molar-refractivity contribution in [1.29, 1.82) is 0 Å². The Morgan fingerprint density at radius 2 is 2.22 bits per heavy atom. The summed E-state index contributed by atoms with van der Waals surface area (Å²) in [6, 6.07) is 0. The molecule has 1 radical (unpaired) electrons. The summed E-state index contributed by atoms with van der Waals surface area (Å²) in [6.45, 7) is 2.79. The van der Waals surface area contributed by atoms with E-state index in [9.17, 15) is 4.79 Å². The first kappa shape index (κ1) is 8.43. The molecule has 0 aliphatic heterocycles. The highest BCUT2D eigenvalue weighted by Crippen LogP contribution is 1.82. The molecule has 53 valence electrons. The van der Waals surface area contributed by atoms with Crippen molar-refractivity contribution in [3.8, 4) is 0 Å². The fraction of sp³-hybridized carbons (Fsp3) is 0.833. The molecule has 9 heavy (non-hydrogen) atoms. The van der Waals surface area contributed by atoms with Gasteiger partial charge in [0.2, 0.25) is 0 Å². The van der Waals surface area contributed by atoms with Crippen LogP contribution in [0.3, 0.4) is 0 Å². The van der Waals surface area contributed by atoms with E-state index in [0.717, 1.165) is 13.0 Å². The highest BCUT2D eigenvalue weighted by molar-refractivity contribution is 5.37. The molecule has 0 atom stereocenters. The van der Waals surface area contributed by atoms with Crippen molar-refractivity contribution in [3.63, 3.8) is 0 Å². The van der Waals surface area contributed by atoms with Gasteiger partial charge in [0.1, 0.15) is 0 Å². The van der Waals surface area contributed by atoms with E-state index < -0.39 is 0 Å². The first-order valence-electron chi connectivity index (χ1n) is 2.91. The van der Waals surface area contributed by atoms with Gasteiger partial charge in [-0.15, -0.1) is 0 Å². The number of carbonyl (C=O) groups excluding carboxylic acids is 1. The molecule has 0 amide bonds. The van der Waals surface area contributed by atoms with E-state index in [0.29, 0.717) is 6.61 Å². The highest BCUT2D eigenvalue weighted by Gasteiger charge is 1.89. The van der Waals surface area contributed by atoms with Gasteiger partial charge in [0.05, 0.1) is 6.61 Å². The topological polar surface area (TPSA) is 29.5 Å². The van der Waals surface area contributed by atoms with Crippen LogP contribution in [0.25, 0.3) is 0 Å². The largest absolute Gasteiger partial charge is 0.457 e.